The van der Waals surface area contributed by atoms with Crippen LogP contribution in [0.1, 0.15) is 5.56 Å². The minimum Gasteiger partial charge on any atom is -0.371 e. The molecule has 1 aromatic carbocycles. The minimum absolute atomic E-state index is 0.450. The maximum atomic E-state index is 5.24. The predicted octanol–water partition coefficient (Wildman–Crippen LogP) is 2.35. The van der Waals surface area contributed by atoms with Gasteiger partial charge in [-0.05, 0) is 24.6 Å². The average molecular weight is 187 g/mol. The number of epoxide rings is 1. The molecule has 0 bridgehead atoms. The highest BCUT2D eigenvalue weighted by atomic mass is 16.6. The lowest BCUT2D eigenvalue weighted by atomic mass is 10.1. The number of aromatic nitrogens is 1. The first kappa shape index (κ1) is 8.06. The van der Waals surface area contributed by atoms with Crippen LogP contribution >= 0.6 is 0 Å². The van der Waals surface area contributed by atoms with Gasteiger partial charge in [0.05, 0.1) is 19.3 Å². The van der Waals surface area contributed by atoms with Crippen molar-refractivity contribution in [1.82, 2.24) is 4.57 Å². The van der Waals surface area contributed by atoms with E-state index < -0.39 is 0 Å². The van der Waals surface area contributed by atoms with E-state index in [1.165, 1.54) is 16.5 Å². The molecular formula is C12H13NO. The van der Waals surface area contributed by atoms with E-state index >= 15 is 0 Å². The van der Waals surface area contributed by atoms with E-state index in [1.807, 2.05) is 0 Å². The Hall–Kier alpha value is -1.28. The predicted molar refractivity (Wildman–Crippen MR) is 56.4 cm³/mol. The molecule has 0 aliphatic carbocycles. The van der Waals surface area contributed by atoms with Gasteiger partial charge < -0.3 is 9.30 Å². The zero-order chi connectivity index (χ0) is 9.54. The van der Waals surface area contributed by atoms with Crippen molar-refractivity contribution < 1.29 is 4.74 Å². The molecule has 72 valence electrons. The summed E-state index contributed by atoms with van der Waals surface area (Å²) in [6, 6.07) is 8.62. The molecule has 1 saturated heterocycles. The first-order chi connectivity index (χ1) is 6.84. The Kier molecular flexibility index (Phi) is 1.64. The van der Waals surface area contributed by atoms with Crippen LogP contribution in [-0.4, -0.2) is 17.3 Å². The number of hydrogen-bond acceptors (Lipinski definition) is 1. The summed E-state index contributed by atoms with van der Waals surface area (Å²) in [5, 5.41) is 1.35. The molecule has 0 spiro atoms. The van der Waals surface area contributed by atoms with Crippen molar-refractivity contribution in [2.24, 2.45) is 0 Å². The van der Waals surface area contributed by atoms with Crippen molar-refractivity contribution in [1.29, 1.82) is 0 Å². The molecule has 3 rings (SSSR count). The quantitative estimate of drug-likeness (QED) is 0.660. The first-order valence-electron chi connectivity index (χ1n) is 5.00. The fourth-order valence-corrected chi connectivity index (χ4v) is 1.93. The van der Waals surface area contributed by atoms with Crippen molar-refractivity contribution in [3.8, 4) is 0 Å². The van der Waals surface area contributed by atoms with Gasteiger partial charge in [0.25, 0.3) is 0 Å². The Labute approximate surface area is 83.1 Å². The van der Waals surface area contributed by atoms with Gasteiger partial charge in [0.2, 0.25) is 0 Å². The molecule has 0 amide bonds. The molecule has 2 heteroatoms. The van der Waals surface area contributed by atoms with E-state index in [0.29, 0.717) is 6.10 Å². The summed E-state index contributed by atoms with van der Waals surface area (Å²) >= 11 is 0. The Morgan fingerprint density at radius 3 is 3.07 bits per heavy atom. The number of rotatable bonds is 2. The molecule has 0 radical (unpaired) electrons. The van der Waals surface area contributed by atoms with Gasteiger partial charge in [-0.2, -0.15) is 0 Å². The molecule has 1 unspecified atom stereocenters. The summed E-state index contributed by atoms with van der Waals surface area (Å²) in [6.45, 7) is 4.07. The summed E-state index contributed by atoms with van der Waals surface area (Å²) in [7, 11) is 0. The van der Waals surface area contributed by atoms with Gasteiger partial charge in [0.1, 0.15) is 0 Å². The molecule has 2 heterocycles. The second-order valence-electron chi connectivity index (χ2n) is 3.93. The summed E-state index contributed by atoms with van der Waals surface area (Å²) in [5.74, 6) is 0. The molecular weight excluding hydrogens is 174 g/mol. The smallest absolute Gasteiger partial charge is 0.0988 e. The first-order valence-corrected chi connectivity index (χ1v) is 5.00. The lowest BCUT2D eigenvalue weighted by Crippen LogP contribution is -2.01. The van der Waals surface area contributed by atoms with Crippen LogP contribution in [0.15, 0.2) is 30.5 Å². The second-order valence-corrected chi connectivity index (χ2v) is 3.93. The Morgan fingerprint density at radius 1 is 1.43 bits per heavy atom. The lowest BCUT2D eigenvalue weighted by Gasteiger charge is -2.02. The monoisotopic (exact) mass is 187 g/mol. The summed E-state index contributed by atoms with van der Waals surface area (Å²) in [5.41, 5.74) is 2.67. The van der Waals surface area contributed by atoms with E-state index in [0.717, 1.165) is 13.2 Å². The molecule has 1 aliphatic rings. The molecule has 1 fully saturated rings. The van der Waals surface area contributed by atoms with Gasteiger partial charge in [-0.25, -0.2) is 0 Å². The summed E-state index contributed by atoms with van der Waals surface area (Å²) < 4.78 is 7.52. The third-order valence-corrected chi connectivity index (χ3v) is 2.83. The highest BCUT2D eigenvalue weighted by Crippen LogP contribution is 2.22. The highest BCUT2D eigenvalue weighted by molar-refractivity contribution is 5.83. The van der Waals surface area contributed by atoms with Crippen LogP contribution in [0.3, 0.4) is 0 Å². The normalized spacial score (nSPS) is 20.2. The number of ether oxygens (including phenoxy) is 1. The number of nitrogens with zero attached hydrogens (tertiary/aromatic N) is 1. The van der Waals surface area contributed by atoms with Crippen LogP contribution in [-0.2, 0) is 11.3 Å². The number of fused-ring (bicyclic) bond motifs is 1. The van der Waals surface area contributed by atoms with Crippen LogP contribution in [0.25, 0.3) is 10.9 Å². The Morgan fingerprint density at radius 2 is 2.29 bits per heavy atom. The van der Waals surface area contributed by atoms with Gasteiger partial charge in [0.15, 0.2) is 0 Å². The van der Waals surface area contributed by atoms with Crippen LogP contribution in [0.5, 0.6) is 0 Å². The third-order valence-electron chi connectivity index (χ3n) is 2.83. The molecule has 1 aliphatic heterocycles. The van der Waals surface area contributed by atoms with E-state index in [2.05, 4.69) is 42.0 Å². The summed E-state index contributed by atoms with van der Waals surface area (Å²) in [6.07, 6.45) is 2.60. The number of aryl methyl sites for hydroxylation is 1. The zero-order valence-corrected chi connectivity index (χ0v) is 8.23. The molecule has 2 aromatic rings. The fourth-order valence-electron chi connectivity index (χ4n) is 1.93. The van der Waals surface area contributed by atoms with E-state index in [-0.39, 0.29) is 0 Å². The van der Waals surface area contributed by atoms with Gasteiger partial charge in [0, 0.05) is 17.1 Å². The third kappa shape index (κ3) is 1.23. The fraction of sp³-hybridized carbons (Fsp3) is 0.333. The van der Waals surface area contributed by atoms with Gasteiger partial charge in [-0.15, -0.1) is 0 Å². The van der Waals surface area contributed by atoms with Crippen molar-refractivity contribution >= 4 is 10.9 Å². The van der Waals surface area contributed by atoms with Gasteiger partial charge >= 0.3 is 0 Å². The second kappa shape index (κ2) is 2.85. The van der Waals surface area contributed by atoms with Crippen LogP contribution < -0.4 is 0 Å². The SMILES string of the molecule is Cc1cccc2c1ccn2CC1CO1. The van der Waals surface area contributed by atoms with Crippen molar-refractivity contribution in [3.63, 3.8) is 0 Å². The Bertz CT molecular complexity index is 468. The van der Waals surface area contributed by atoms with Crippen LogP contribution in [0, 0.1) is 6.92 Å². The van der Waals surface area contributed by atoms with E-state index in [1.54, 1.807) is 0 Å². The number of benzene rings is 1. The van der Waals surface area contributed by atoms with Crippen LogP contribution in [0.4, 0.5) is 0 Å². The number of hydrogen-bond donors (Lipinski definition) is 0. The van der Waals surface area contributed by atoms with Crippen molar-refractivity contribution in [2.75, 3.05) is 6.61 Å². The highest BCUT2D eigenvalue weighted by Gasteiger charge is 2.23. The van der Waals surface area contributed by atoms with Crippen LogP contribution in [0.2, 0.25) is 0 Å². The average Bonchev–Trinajstić information content (AvgIpc) is 2.88. The zero-order valence-electron chi connectivity index (χ0n) is 8.23. The van der Waals surface area contributed by atoms with E-state index in [4.69, 9.17) is 4.74 Å². The standard InChI is InChI=1S/C12H13NO/c1-9-3-2-4-12-11(9)5-6-13(12)7-10-8-14-10/h2-6,10H,7-8H2,1H3. The lowest BCUT2D eigenvalue weighted by molar-refractivity contribution is 0.385. The molecule has 0 N–H and O–H groups in total. The van der Waals surface area contributed by atoms with Gasteiger partial charge in [-0.1, -0.05) is 12.1 Å². The molecule has 1 atom stereocenters. The van der Waals surface area contributed by atoms with E-state index in [9.17, 15) is 0 Å². The maximum Gasteiger partial charge on any atom is 0.0988 e. The summed E-state index contributed by atoms with van der Waals surface area (Å²) in [4.78, 5) is 0. The topological polar surface area (TPSA) is 17.5 Å². The maximum absolute atomic E-state index is 5.24. The largest absolute Gasteiger partial charge is 0.371 e. The Balaban J connectivity index is 2.10. The molecule has 1 aromatic heterocycles. The minimum atomic E-state index is 0.450. The van der Waals surface area contributed by atoms with Gasteiger partial charge in [-0.3, -0.25) is 0 Å². The molecule has 14 heavy (non-hydrogen) atoms. The van der Waals surface area contributed by atoms with Crippen molar-refractivity contribution in [2.45, 2.75) is 19.6 Å². The molecule has 2 nitrogen and oxygen atoms in total. The molecule has 0 saturated carbocycles. The van der Waals surface area contributed by atoms with Crippen molar-refractivity contribution in [3.05, 3.63) is 36.0 Å².